The molecule has 13 heteroatoms. The van der Waals surface area contributed by atoms with Crippen LogP contribution in [0.3, 0.4) is 0 Å². The van der Waals surface area contributed by atoms with Crippen molar-refractivity contribution in [2.45, 2.75) is 28.1 Å². The number of fused-ring (bicyclic) bond motifs is 1. The first-order valence-corrected chi connectivity index (χ1v) is 16.6. The van der Waals surface area contributed by atoms with Gasteiger partial charge in [-0.05, 0) is 61.0 Å². The first kappa shape index (κ1) is 27.5. The van der Waals surface area contributed by atoms with E-state index < -0.39 is 10.8 Å². The van der Waals surface area contributed by atoms with Crippen molar-refractivity contribution in [3.8, 4) is 11.1 Å². The maximum Gasteiger partial charge on any atom is 0.260 e. The minimum atomic E-state index is -1.39. The summed E-state index contributed by atoms with van der Waals surface area (Å²) in [6.07, 6.45) is 6.15. The molecular weight excluding hydrogens is 601 g/mol. The lowest BCUT2D eigenvalue weighted by atomic mass is 10.1. The van der Waals surface area contributed by atoms with E-state index in [1.807, 2.05) is 41.8 Å². The second-order valence-electron chi connectivity index (χ2n) is 10.0. The Balaban J connectivity index is 1.23. The Hall–Kier alpha value is -4.30. The molecule has 2 atom stereocenters. The van der Waals surface area contributed by atoms with Gasteiger partial charge in [-0.15, -0.1) is 22.7 Å². The Labute approximate surface area is 257 Å². The Morgan fingerprint density at radius 3 is 2.70 bits per heavy atom. The van der Waals surface area contributed by atoms with Crippen LogP contribution in [0.25, 0.3) is 22.2 Å². The molecule has 2 aromatic carbocycles. The van der Waals surface area contributed by atoms with Crippen molar-refractivity contribution < 1.29 is 4.21 Å². The van der Waals surface area contributed by atoms with E-state index in [9.17, 15) is 9.00 Å². The summed E-state index contributed by atoms with van der Waals surface area (Å²) in [7, 11) is -1.39. The molecule has 0 radical (unpaired) electrons. The maximum absolute atomic E-state index is 14.0. The van der Waals surface area contributed by atoms with Crippen LogP contribution in [-0.4, -0.2) is 47.8 Å². The monoisotopic (exact) mass is 626 g/mol. The van der Waals surface area contributed by atoms with Gasteiger partial charge in [0.25, 0.3) is 5.56 Å². The molecule has 43 heavy (non-hydrogen) atoms. The zero-order chi connectivity index (χ0) is 29.2. The summed E-state index contributed by atoms with van der Waals surface area (Å²) < 4.78 is 15.4. The summed E-state index contributed by atoms with van der Waals surface area (Å²) in [4.78, 5) is 32.4. The van der Waals surface area contributed by atoms with Crippen molar-refractivity contribution in [3.63, 3.8) is 0 Å². The third-order valence-corrected chi connectivity index (χ3v) is 10.4. The van der Waals surface area contributed by atoms with Crippen LogP contribution in [0.5, 0.6) is 0 Å². The van der Waals surface area contributed by atoms with Gasteiger partial charge in [-0.3, -0.25) is 14.3 Å². The highest BCUT2D eigenvalue weighted by atomic mass is 32.2. The third-order valence-electron chi connectivity index (χ3n) is 7.13. The average Bonchev–Trinajstić information content (AvgIpc) is 3.84. The van der Waals surface area contributed by atoms with Gasteiger partial charge in [0.2, 0.25) is 5.95 Å². The second kappa shape index (κ2) is 12.1. The van der Waals surface area contributed by atoms with Gasteiger partial charge in [0, 0.05) is 57.6 Å². The van der Waals surface area contributed by atoms with E-state index in [2.05, 4.69) is 30.9 Å². The normalized spacial score (nSPS) is 15.5. The van der Waals surface area contributed by atoms with Crippen LogP contribution in [0, 0.1) is 0 Å². The van der Waals surface area contributed by atoms with Gasteiger partial charge in [-0.1, -0.05) is 12.1 Å². The molecule has 5 heterocycles. The van der Waals surface area contributed by atoms with Gasteiger partial charge in [0.05, 0.1) is 29.1 Å². The molecular formula is C30H26N8O2S3. The van der Waals surface area contributed by atoms with Crippen LogP contribution in [0.1, 0.15) is 11.4 Å². The van der Waals surface area contributed by atoms with E-state index in [1.165, 1.54) is 22.7 Å². The first-order valence-electron chi connectivity index (χ1n) is 13.6. The van der Waals surface area contributed by atoms with Gasteiger partial charge < -0.3 is 16.0 Å². The molecule has 0 spiro atoms. The molecule has 1 fully saturated rings. The number of hydrogen-bond donors (Lipinski definition) is 3. The topological polar surface area (TPSA) is 127 Å². The quantitative estimate of drug-likeness (QED) is 0.201. The van der Waals surface area contributed by atoms with E-state index >= 15 is 0 Å². The second-order valence-corrected chi connectivity index (χ2v) is 13.6. The molecule has 1 aliphatic heterocycles. The first-order chi connectivity index (χ1) is 21.1. The van der Waals surface area contributed by atoms with Crippen LogP contribution >= 0.6 is 22.7 Å². The van der Waals surface area contributed by atoms with E-state index in [0.717, 1.165) is 35.9 Å². The lowest BCUT2D eigenvalue weighted by molar-refractivity contribution is 0.684. The van der Waals surface area contributed by atoms with Crippen molar-refractivity contribution in [3.05, 3.63) is 99.4 Å². The Kier molecular flexibility index (Phi) is 7.77. The fraction of sp³-hybridized carbons (Fsp3) is 0.167. The van der Waals surface area contributed by atoms with Gasteiger partial charge in [-0.2, -0.15) is 4.98 Å². The highest BCUT2D eigenvalue weighted by Gasteiger charge is 2.17. The minimum absolute atomic E-state index is 0.218. The molecule has 1 aliphatic rings. The highest BCUT2D eigenvalue weighted by Crippen LogP contribution is 2.27. The van der Waals surface area contributed by atoms with E-state index in [0.29, 0.717) is 43.3 Å². The smallest absolute Gasteiger partial charge is 0.260 e. The Morgan fingerprint density at radius 2 is 1.93 bits per heavy atom. The van der Waals surface area contributed by atoms with Crippen LogP contribution in [-0.2, 0) is 17.3 Å². The lowest BCUT2D eigenvalue weighted by Crippen LogP contribution is -2.24. The van der Waals surface area contributed by atoms with Crippen LogP contribution < -0.4 is 21.5 Å². The summed E-state index contributed by atoms with van der Waals surface area (Å²) in [6, 6.07) is 17.5. The number of benzene rings is 2. The zero-order valence-corrected chi connectivity index (χ0v) is 25.2. The van der Waals surface area contributed by atoms with Crippen LogP contribution in [0.15, 0.2) is 98.0 Å². The maximum atomic E-state index is 14.0. The average molecular weight is 627 g/mol. The molecule has 7 rings (SSSR count). The predicted octanol–water partition coefficient (Wildman–Crippen LogP) is 5.10. The fourth-order valence-electron chi connectivity index (χ4n) is 5.02. The molecule has 6 aromatic rings. The summed E-state index contributed by atoms with van der Waals surface area (Å²) >= 11 is 2.81. The van der Waals surface area contributed by atoms with Crippen molar-refractivity contribution in [2.24, 2.45) is 0 Å². The van der Waals surface area contributed by atoms with Gasteiger partial charge in [-0.25, -0.2) is 14.2 Å². The Bertz CT molecular complexity index is 1950. The predicted molar refractivity (Wildman–Crippen MR) is 172 cm³/mol. The minimum Gasteiger partial charge on any atom is -0.381 e. The number of pyridine rings is 1. The summed E-state index contributed by atoms with van der Waals surface area (Å²) in [6.45, 7) is 2.26. The molecule has 1 saturated heterocycles. The van der Waals surface area contributed by atoms with Gasteiger partial charge >= 0.3 is 0 Å². The standard InChI is InChI=1S/C30H26N8O2S3/c39-29-25(19-2-1-3-24(12-19)43(40)27-16-32-18-42-27)13-20-14-34-30(37-28(20)38(29)17-26-33-10-11-41-26)36-22-6-4-21(5-7-22)35-23-8-9-31-15-23/h1-7,10-14,16,18,23,31,35H,8-9,15,17H2,(H,34,36,37). The van der Waals surface area contributed by atoms with Crippen molar-refractivity contribution >= 4 is 61.8 Å². The van der Waals surface area contributed by atoms with Gasteiger partial charge in [0.1, 0.15) is 14.9 Å². The summed E-state index contributed by atoms with van der Waals surface area (Å²) in [5, 5.41) is 13.6. The van der Waals surface area contributed by atoms with Crippen LogP contribution in [0.2, 0.25) is 0 Å². The van der Waals surface area contributed by atoms with Gasteiger partial charge in [0.15, 0.2) is 0 Å². The fourth-order valence-corrected chi connectivity index (χ4v) is 7.57. The lowest BCUT2D eigenvalue weighted by Gasteiger charge is -2.14. The molecule has 3 N–H and O–H groups in total. The molecule has 0 bridgehead atoms. The molecule has 0 aliphatic carbocycles. The summed E-state index contributed by atoms with van der Waals surface area (Å²) in [5.41, 5.74) is 4.97. The number of nitrogens with zero attached hydrogens (tertiary/aromatic N) is 5. The van der Waals surface area contributed by atoms with Crippen molar-refractivity contribution in [2.75, 3.05) is 23.7 Å². The zero-order valence-electron chi connectivity index (χ0n) is 22.8. The number of anilines is 3. The van der Waals surface area contributed by atoms with E-state index in [-0.39, 0.29) is 12.1 Å². The third kappa shape index (κ3) is 5.97. The van der Waals surface area contributed by atoms with E-state index in [4.69, 9.17) is 4.98 Å². The molecule has 4 aromatic heterocycles. The molecule has 0 amide bonds. The molecule has 2 unspecified atom stereocenters. The van der Waals surface area contributed by atoms with Crippen LogP contribution in [0.4, 0.5) is 17.3 Å². The highest BCUT2D eigenvalue weighted by molar-refractivity contribution is 7.87. The van der Waals surface area contributed by atoms with Crippen molar-refractivity contribution in [1.29, 1.82) is 0 Å². The number of rotatable bonds is 9. The molecule has 10 nitrogen and oxygen atoms in total. The molecule has 216 valence electrons. The molecule has 0 saturated carbocycles. The number of thiazole rings is 2. The van der Waals surface area contributed by atoms with E-state index in [1.54, 1.807) is 46.9 Å². The SMILES string of the molecule is O=c1c(-c2cccc(S(=O)c3cncs3)c2)cc2cnc(Nc3ccc(NC4CCNC4)cc3)nc2n1Cc1nccs1. The number of nitrogens with one attached hydrogen (secondary N) is 3. The largest absolute Gasteiger partial charge is 0.381 e. The Morgan fingerprint density at radius 1 is 1.05 bits per heavy atom. The number of hydrogen-bond acceptors (Lipinski definition) is 11. The van der Waals surface area contributed by atoms with Crippen molar-refractivity contribution in [1.82, 2.24) is 29.8 Å². The summed E-state index contributed by atoms with van der Waals surface area (Å²) in [5.74, 6) is 0.384. The number of aromatic nitrogens is 5.